The fourth-order valence-electron chi connectivity index (χ4n) is 8.97. The highest BCUT2D eigenvalue weighted by molar-refractivity contribution is 6.09. The fraction of sp³-hybridized carbons (Fsp3) is 0. The number of para-hydroxylation sites is 2. The molecule has 13 rings (SSSR count). The number of benzene rings is 8. The standard InChI is InChI=1S/C56H33N7O/c1-2-11-35(12-3-1)53-60-54(62-55(61-53)40-15-10-16-44(30-40)63-48-19-8-6-17-45(48)46-18-7-9-20-49(46)63)36-23-21-34(22-24-36)43-31-47-51-50(64-56(47)58-32-43)33-57-52(59-51)41-26-25-39-27-37-13-4-5-14-38(37)28-42(39)29-41/h1-33H. The van der Waals surface area contributed by atoms with E-state index in [4.69, 9.17) is 34.3 Å². The normalized spacial score (nSPS) is 11.8. The first kappa shape index (κ1) is 35.8. The average Bonchev–Trinajstić information content (AvgIpc) is 3.91. The van der Waals surface area contributed by atoms with E-state index in [1.165, 1.54) is 26.9 Å². The van der Waals surface area contributed by atoms with Gasteiger partial charge in [-0.15, -0.1) is 0 Å². The summed E-state index contributed by atoms with van der Waals surface area (Å²) in [5.74, 6) is 2.41. The average molecular weight is 820 g/mol. The van der Waals surface area contributed by atoms with Crippen molar-refractivity contribution in [3.63, 3.8) is 0 Å². The van der Waals surface area contributed by atoms with E-state index in [-0.39, 0.29) is 0 Å². The molecule has 0 amide bonds. The lowest BCUT2D eigenvalue weighted by atomic mass is 10.0. The number of pyridine rings is 1. The number of nitrogens with zero attached hydrogens (tertiary/aromatic N) is 7. The van der Waals surface area contributed by atoms with Crippen molar-refractivity contribution < 1.29 is 4.42 Å². The molecule has 5 heterocycles. The van der Waals surface area contributed by atoms with E-state index in [0.717, 1.165) is 66.4 Å². The van der Waals surface area contributed by atoms with E-state index in [1.807, 2.05) is 36.5 Å². The van der Waals surface area contributed by atoms with Gasteiger partial charge in [-0.1, -0.05) is 140 Å². The summed E-state index contributed by atoms with van der Waals surface area (Å²) in [6, 6.07) is 65.1. The number of hydrogen-bond donors (Lipinski definition) is 0. The Hall–Kier alpha value is -8.88. The Morgan fingerprint density at radius 2 is 0.922 bits per heavy atom. The molecular weight excluding hydrogens is 787 g/mol. The van der Waals surface area contributed by atoms with Crippen molar-refractivity contribution in [3.8, 4) is 62.4 Å². The van der Waals surface area contributed by atoms with Crippen molar-refractivity contribution in [1.29, 1.82) is 0 Å². The lowest BCUT2D eigenvalue weighted by Gasteiger charge is -2.12. The smallest absolute Gasteiger partial charge is 0.229 e. The molecule has 64 heavy (non-hydrogen) atoms. The minimum absolute atomic E-state index is 0.514. The third-order valence-electron chi connectivity index (χ3n) is 12.1. The zero-order valence-electron chi connectivity index (χ0n) is 34.1. The zero-order valence-corrected chi connectivity index (χ0v) is 34.1. The molecule has 0 atom stereocenters. The maximum atomic E-state index is 6.13. The van der Waals surface area contributed by atoms with Gasteiger partial charge in [-0.3, -0.25) is 0 Å². The van der Waals surface area contributed by atoms with Gasteiger partial charge in [0.1, 0.15) is 5.52 Å². The molecule has 0 saturated carbocycles. The van der Waals surface area contributed by atoms with Crippen LogP contribution in [-0.2, 0) is 0 Å². The Labute approximate surface area is 365 Å². The van der Waals surface area contributed by atoms with Gasteiger partial charge < -0.3 is 8.98 Å². The van der Waals surface area contributed by atoms with Gasteiger partial charge in [-0.25, -0.2) is 29.9 Å². The number of fused-ring (bicyclic) bond motifs is 8. The number of hydrogen-bond acceptors (Lipinski definition) is 7. The third-order valence-corrected chi connectivity index (χ3v) is 12.1. The summed E-state index contributed by atoms with van der Waals surface area (Å²) >= 11 is 0. The van der Waals surface area contributed by atoms with Crippen LogP contribution in [0.2, 0.25) is 0 Å². The molecule has 0 aliphatic heterocycles. The van der Waals surface area contributed by atoms with Crippen molar-refractivity contribution >= 4 is 65.6 Å². The largest absolute Gasteiger partial charge is 0.434 e. The highest BCUT2D eigenvalue weighted by Crippen LogP contribution is 2.36. The lowest BCUT2D eigenvalue weighted by molar-refractivity contribution is 0.651. The van der Waals surface area contributed by atoms with E-state index in [9.17, 15) is 0 Å². The molecule has 5 aromatic heterocycles. The minimum atomic E-state index is 0.514. The van der Waals surface area contributed by atoms with Crippen LogP contribution in [0, 0.1) is 0 Å². The molecule has 0 N–H and O–H groups in total. The van der Waals surface area contributed by atoms with E-state index >= 15 is 0 Å². The Bertz CT molecular complexity index is 3920. The Kier molecular flexibility index (Phi) is 8.04. The predicted octanol–water partition coefficient (Wildman–Crippen LogP) is 13.7. The Balaban J connectivity index is 0.863. The summed E-state index contributed by atoms with van der Waals surface area (Å²) in [5, 5.41) is 7.97. The second kappa shape index (κ2) is 14.4. The molecule has 0 aliphatic rings. The van der Waals surface area contributed by atoms with Crippen LogP contribution in [0.25, 0.3) is 128 Å². The fourth-order valence-corrected chi connectivity index (χ4v) is 8.97. The van der Waals surface area contributed by atoms with E-state index in [1.54, 1.807) is 6.20 Å². The van der Waals surface area contributed by atoms with Crippen molar-refractivity contribution in [2.24, 2.45) is 0 Å². The molecule has 0 unspecified atom stereocenters. The summed E-state index contributed by atoms with van der Waals surface area (Å²) in [4.78, 5) is 29.6. The third kappa shape index (κ3) is 6.00. The van der Waals surface area contributed by atoms with Crippen LogP contribution < -0.4 is 0 Å². The lowest BCUT2D eigenvalue weighted by Crippen LogP contribution is -2.01. The van der Waals surface area contributed by atoms with Crippen molar-refractivity contribution in [2.75, 3.05) is 0 Å². The molecule has 0 fully saturated rings. The first-order valence-corrected chi connectivity index (χ1v) is 21.2. The minimum Gasteiger partial charge on any atom is -0.434 e. The van der Waals surface area contributed by atoms with Crippen LogP contribution in [0.1, 0.15) is 0 Å². The highest BCUT2D eigenvalue weighted by atomic mass is 16.3. The van der Waals surface area contributed by atoms with Crippen molar-refractivity contribution in [1.82, 2.24) is 34.5 Å². The second-order valence-electron chi connectivity index (χ2n) is 16.0. The van der Waals surface area contributed by atoms with Crippen LogP contribution in [0.4, 0.5) is 0 Å². The van der Waals surface area contributed by atoms with Crippen LogP contribution in [0.5, 0.6) is 0 Å². The number of rotatable bonds is 6. The topological polar surface area (TPSA) is 95.4 Å². The van der Waals surface area contributed by atoms with Gasteiger partial charge in [0.05, 0.1) is 22.6 Å². The van der Waals surface area contributed by atoms with Gasteiger partial charge in [0.25, 0.3) is 0 Å². The van der Waals surface area contributed by atoms with Crippen LogP contribution in [0.3, 0.4) is 0 Å². The van der Waals surface area contributed by atoms with Gasteiger partial charge in [-0.2, -0.15) is 0 Å². The molecule has 0 spiro atoms. The summed E-state index contributed by atoms with van der Waals surface area (Å²) in [7, 11) is 0. The molecule has 8 nitrogen and oxygen atoms in total. The molecule has 0 bridgehead atoms. The second-order valence-corrected chi connectivity index (χ2v) is 16.0. The number of aromatic nitrogens is 7. The van der Waals surface area contributed by atoms with Crippen molar-refractivity contribution in [3.05, 3.63) is 200 Å². The van der Waals surface area contributed by atoms with Gasteiger partial charge in [0.2, 0.25) is 5.71 Å². The molecule has 0 saturated heterocycles. The van der Waals surface area contributed by atoms with Crippen molar-refractivity contribution in [2.45, 2.75) is 0 Å². The number of furan rings is 1. The molecule has 13 aromatic rings. The van der Waals surface area contributed by atoms with Crippen LogP contribution >= 0.6 is 0 Å². The van der Waals surface area contributed by atoms with E-state index < -0.39 is 0 Å². The summed E-state index contributed by atoms with van der Waals surface area (Å²) in [6.45, 7) is 0. The van der Waals surface area contributed by atoms with Gasteiger partial charge in [0, 0.05) is 50.5 Å². The van der Waals surface area contributed by atoms with Gasteiger partial charge in [-0.05, 0) is 75.6 Å². The highest BCUT2D eigenvalue weighted by Gasteiger charge is 2.18. The SMILES string of the molecule is c1ccc(-c2nc(-c3ccc(-c4cnc5oc6cnc(-c7ccc8cc9ccccc9cc8c7)nc6c5c4)cc3)nc(-c3cccc(-n4c5ccccc5c5ccccc54)c3)n2)cc1. The molecule has 8 aromatic carbocycles. The van der Waals surface area contributed by atoms with Crippen LogP contribution in [-0.4, -0.2) is 34.5 Å². The Morgan fingerprint density at radius 1 is 0.344 bits per heavy atom. The monoisotopic (exact) mass is 819 g/mol. The molecule has 298 valence electrons. The van der Waals surface area contributed by atoms with Crippen LogP contribution in [0.15, 0.2) is 205 Å². The zero-order chi connectivity index (χ0) is 42.1. The van der Waals surface area contributed by atoms with E-state index in [0.29, 0.717) is 34.6 Å². The first-order valence-electron chi connectivity index (χ1n) is 21.2. The molecule has 0 radical (unpaired) electrons. The van der Waals surface area contributed by atoms with Gasteiger partial charge >= 0.3 is 0 Å². The Morgan fingerprint density at radius 3 is 1.67 bits per heavy atom. The maximum Gasteiger partial charge on any atom is 0.229 e. The van der Waals surface area contributed by atoms with E-state index in [2.05, 4.69) is 162 Å². The molecular formula is C56H33N7O. The maximum absolute atomic E-state index is 6.13. The molecule has 0 aliphatic carbocycles. The summed E-state index contributed by atoms with van der Waals surface area (Å²) in [5.41, 5.74) is 10.7. The quantitative estimate of drug-likeness (QED) is 0.154. The summed E-state index contributed by atoms with van der Waals surface area (Å²) < 4.78 is 8.44. The van der Waals surface area contributed by atoms with Gasteiger partial charge in [0.15, 0.2) is 28.9 Å². The molecule has 8 heteroatoms. The summed E-state index contributed by atoms with van der Waals surface area (Å²) in [6.07, 6.45) is 3.58. The predicted molar refractivity (Wildman–Crippen MR) is 257 cm³/mol. The first-order chi connectivity index (χ1) is 31.7.